The Bertz CT molecular complexity index is 813. The molecule has 0 amide bonds. The first-order valence-corrected chi connectivity index (χ1v) is 10.4. The van der Waals surface area contributed by atoms with Crippen LogP contribution in [0.4, 0.5) is 0 Å². The number of benzene rings is 1. The number of hydrogen-bond acceptors (Lipinski definition) is 5. The molecule has 1 aliphatic heterocycles. The molecule has 3 rings (SSSR count). The molecule has 1 aromatic carbocycles. The van der Waals surface area contributed by atoms with Crippen molar-refractivity contribution in [1.29, 1.82) is 0 Å². The predicted molar refractivity (Wildman–Crippen MR) is 94.5 cm³/mol. The highest BCUT2D eigenvalue weighted by Crippen LogP contribution is 2.32. The number of nitrogens with zero attached hydrogens (tertiary/aromatic N) is 2. The second kappa shape index (κ2) is 6.76. The highest BCUT2D eigenvalue weighted by molar-refractivity contribution is 7.98. The summed E-state index contributed by atoms with van der Waals surface area (Å²) in [6.07, 6.45) is 4.55. The molecular weight excluding hydrogens is 330 g/mol. The first-order chi connectivity index (χ1) is 11.1. The number of thioether (sulfide) groups is 1. The summed E-state index contributed by atoms with van der Waals surface area (Å²) in [5, 5.41) is 5.81. The molecule has 23 heavy (non-hydrogen) atoms. The second-order valence-corrected chi connectivity index (χ2v) is 8.34. The van der Waals surface area contributed by atoms with E-state index >= 15 is 0 Å². The van der Waals surface area contributed by atoms with Gasteiger partial charge in [0.25, 0.3) is 0 Å². The summed E-state index contributed by atoms with van der Waals surface area (Å²) in [6.45, 7) is 4.55. The van der Waals surface area contributed by atoms with E-state index in [9.17, 15) is 8.42 Å². The van der Waals surface area contributed by atoms with E-state index in [-0.39, 0.29) is 0 Å². The van der Waals surface area contributed by atoms with Crippen molar-refractivity contribution in [2.24, 2.45) is 0 Å². The lowest BCUT2D eigenvalue weighted by Crippen LogP contribution is -2.34. The third-order valence-electron chi connectivity index (χ3n) is 4.14. The van der Waals surface area contributed by atoms with Crippen molar-refractivity contribution in [2.75, 3.05) is 32.4 Å². The molecule has 0 saturated carbocycles. The summed E-state index contributed by atoms with van der Waals surface area (Å²) in [4.78, 5) is 4.82. The SMILES string of the molecule is CSc1ncc(C)c2c(S(=O)(=O)N3CCCNCC3)cccc12. The van der Waals surface area contributed by atoms with Crippen LogP contribution in [0.1, 0.15) is 12.0 Å². The van der Waals surface area contributed by atoms with Gasteiger partial charge in [-0.15, -0.1) is 11.8 Å². The van der Waals surface area contributed by atoms with Gasteiger partial charge >= 0.3 is 0 Å². The first kappa shape index (κ1) is 16.7. The highest BCUT2D eigenvalue weighted by atomic mass is 32.2. The number of pyridine rings is 1. The largest absolute Gasteiger partial charge is 0.315 e. The molecule has 0 radical (unpaired) electrons. The summed E-state index contributed by atoms with van der Waals surface area (Å²) < 4.78 is 28.0. The molecular formula is C16H21N3O2S2. The second-order valence-electron chi connectivity index (χ2n) is 5.64. The monoisotopic (exact) mass is 351 g/mol. The van der Waals surface area contributed by atoms with Gasteiger partial charge in [-0.2, -0.15) is 4.31 Å². The van der Waals surface area contributed by atoms with Gasteiger partial charge in [0.05, 0.1) is 4.90 Å². The van der Waals surface area contributed by atoms with Gasteiger partial charge < -0.3 is 5.32 Å². The molecule has 1 N–H and O–H groups in total. The standard InChI is InChI=1S/C16H21N3O2S2/c1-12-11-18-16(22-2)13-5-3-6-14(15(12)13)23(20,21)19-9-4-7-17-8-10-19/h3,5-6,11,17H,4,7-10H2,1-2H3. The summed E-state index contributed by atoms with van der Waals surface area (Å²) >= 11 is 1.54. The Labute approximate surface area is 141 Å². The predicted octanol–water partition coefficient (Wildman–Crippen LogP) is 2.25. The summed E-state index contributed by atoms with van der Waals surface area (Å²) in [7, 11) is -3.50. The quantitative estimate of drug-likeness (QED) is 0.860. The van der Waals surface area contributed by atoms with Crippen LogP contribution in [-0.2, 0) is 10.0 Å². The molecule has 0 unspecified atom stereocenters. The van der Waals surface area contributed by atoms with Crippen molar-refractivity contribution in [3.63, 3.8) is 0 Å². The number of sulfonamides is 1. The maximum absolute atomic E-state index is 13.2. The average Bonchev–Trinajstić information content (AvgIpc) is 2.84. The van der Waals surface area contributed by atoms with Crippen LogP contribution in [0.15, 0.2) is 34.3 Å². The van der Waals surface area contributed by atoms with Crippen LogP contribution in [0.5, 0.6) is 0 Å². The van der Waals surface area contributed by atoms with Crippen LogP contribution < -0.4 is 5.32 Å². The van der Waals surface area contributed by atoms with Crippen molar-refractivity contribution >= 4 is 32.6 Å². The zero-order valence-corrected chi connectivity index (χ0v) is 15.0. The fourth-order valence-corrected chi connectivity index (χ4v) is 5.29. The number of aryl methyl sites for hydroxylation is 1. The molecule has 2 aromatic rings. The summed E-state index contributed by atoms with van der Waals surface area (Å²) in [5.41, 5.74) is 0.893. The molecule has 5 nitrogen and oxygen atoms in total. The molecule has 0 bridgehead atoms. The fraction of sp³-hybridized carbons (Fsp3) is 0.438. The number of aromatic nitrogens is 1. The Kier molecular flexibility index (Phi) is 4.91. The van der Waals surface area contributed by atoms with E-state index in [0.717, 1.165) is 34.3 Å². The topological polar surface area (TPSA) is 62.3 Å². The third-order valence-corrected chi connectivity index (χ3v) is 6.79. The first-order valence-electron chi connectivity index (χ1n) is 7.69. The van der Waals surface area contributed by atoms with Gasteiger partial charge in [0.1, 0.15) is 5.03 Å². The zero-order valence-electron chi connectivity index (χ0n) is 13.4. The van der Waals surface area contributed by atoms with Gasteiger partial charge in [0, 0.05) is 36.6 Å². The highest BCUT2D eigenvalue weighted by Gasteiger charge is 2.27. The fourth-order valence-electron chi connectivity index (χ4n) is 2.98. The lowest BCUT2D eigenvalue weighted by atomic mass is 10.1. The molecule has 1 aliphatic rings. The average molecular weight is 351 g/mol. The molecule has 2 heterocycles. The van der Waals surface area contributed by atoms with Gasteiger partial charge in [0.2, 0.25) is 10.0 Å². The number of rotatable bonds is 3. The minimum Gasteiger partial charge on any atom is -0.315 e. The van der Waals surface area contributed by atoms with Crippen molar-refractivity contribution in [3.05, 3.63) is 30.0 Å². The van der Waals surface area contributed by atoms with Crippen molar-refractivity contribution in [3.8, 4) is 0 Å². The maximum Gasteiger partial charge on any atom is 0.243 e. The molecule has 0 atom stereocenters. The number of hydrogen-bond donors (Lipinski definition) is 1. The Balaban J connectivity index is 2.19. The molecule has 1 saturated heterocycles. The van der Waals surface area contributed by atoms with Crippen LogP contribution >= 0.6 is 11.8 Å². The Hall–Kier alpha value is -1.15. The van der Waals surface area contributed by atoms with E-state index < -0.39 is 10.0 Å². The summed E-state index contributed by atoms with van der Waals surface area (Å²) in [6, 6.07) is 5.48. The van der Waals surface area contributed by atoms with E-state index in [0.29, 0.717) is 24.5 Å². The molecule has 124 valence electrons. The van der Waals surface area contributed by atoms with Crippen molar-refractivity contribution in [1.82, 2.24) is 14.6 Å². The van der Waals surface area contributed by atoms with Crippen LogP contribution in [0.25, 0.3) is 10.8 Å². The van der Waals surface area contributed by atoms with Crippen LogP contribution in [0.3, 0.4) is 0 Å². The Morgan fingerprint density at radius 1 is 1.26 bits per heavy atom. The van der Waals surface area contributed by atoms with Crippen molar-refractivity contribution in [2.45, 2.75) is 23.3 Å². The molecule has 0 spiro atoms. The van der Waals surface area contributed by atoms with Gasteiger partial charge in [0.15, 0.2) is 0 Å². The molecule has 0 aliphatic carbocycles. The maximum atomic E-state index is 13.2. The lowest BCUT2D eigenvalue weighted by Gasteiger charge is -2.21. The molecule has 1 fully saturated rings. The molecule has 7 heteroatoms. The van der Waals surface area contributed by atoms with Gasteiger partial charge in [-0.25, -0.2) is 13.4 Å². The zero-order chi connectivity index (χ0) is 16.4. The minimum absolute atomic E-state index is 0.395. The Morgan fingerprint density at radius 3 is 2.87 bits per heavy atom. The normalized spacial score (nSPS) is 17.3. The Morgan fingerprint density at radius 2 is 2.09 bits per heavy atom. The van der Waals surface area contributed by atoms with Gasteiger partial charge in [-0.05, 0) is 37.8 Å². The van der Waals surface area contributed by atoms with E-state index in [1.54, 1.807) is 16.6 Å². The van der Waals surface area contributed by atoms with Crippen molar-refractivity contribution < 1.29 is 8.42 Å². The van der Waals surface area contributed by atoms with Gasteiger partial charge in [-0.1, -0.05) is 12.1 Å². The number of fused-ring (bicyclic) bond motifs is 1. The van der Waals surface area contributed by atoms with E-state index in [1.165, 1.54) is 11.8 Å². The smallest absolute Gasteiger partial charge is 0.243 e. The van der Waals surface area contributed by atoms with E-state index in [1.807, 2.05) is 25.3 Å². The third kappa shape index (κ3) is 3.10. The van der Waals surface area contributed by atoms with E-state index in [4.69, 9.17) is 0 Å². The summed E-state index contributed by atoms with van der Waals surface area (Å²) in [5.74, 6) is 0. The lowest BCUT2D eigenvalue weighted by molar-refractivity contribution is 0.432. The molecule has 1 aromatic heterocycles. The van der Waals surface area contributed by atoms with Gasteiger partial charge in [-0.3, -0.25) is 0 Å². The van der Waals surface area contributed by atoms with Crippen LogP contribution in [0, 0.1) is 6.92 Å². The van der Waals surface area contributed by atoms with E-state index in [2.05, 4.69) is 10.3 Å². The van der Waals surface area contributed by atoms with Crippen LogP contribution in [0.2, 0.25) is 0 Å². The number of nitrogens with one attached hydrogen (secondary N) is 1. The minimum atomic E-state index is -3.50. The van der Waals surface area contributed by atoms with Crippen LogP contribution in [-0.4, -0.2) is 50.1 Å².